The highest BCUT2D eigenvalue weighted by Gasteiger charge is 2.37. The van der Waals surface area contributed by atoms with Gasteiger partial charge in [-0.1, -0.05) is 0 Å². The number of carbonyl (C=O) groups excluding carboxylic acids is 2. The summed E-state index contributed by atoms with van der Waals surface area (Å²) in [6.07, 6.45) is 0.433. The molecule has 0 saturated carbocycles. The topological polar surface area (TPSA) is 104 Å². The summed E-state index contributed by atoms with van der Waals surface area (Å²) in [6.45, 7) is 5.77. The molecule has 22 heavy (non-hydrogen) atoms. The number of hydrogen-bond acceptors (Lipinski definition) is 5. The summed E-state index contributed by atoms with van der Waals surface area (Å²) in [4.78, 5) is 42.0. The molecule has 2 heterocycles. The van der Waals surface area contributed by atoms with Crippen LogP contribution in [0.4, 0.5) is 0 Å². The first-order valence-corrected chi connectivity index (χ1v) is 8.06. The summed E-state index contributed by atoms with van der Waals surface area (Å²) in [5.41, 5.74) is 0.440. The van der Waals surface area contributed by atoms with Crippen LogP contribution in [0, 0.1) is 6.92 Å². The molecule has 0 radical (unpaired) electrons. The molecule has 1 aromatic heterocycles. The fraction of sp³-hybridized carbons (Fsp3) is 0.571. The molecule has 8 heteroatoms. The number of hydrogen-bond donors (Lipinski definition) is 3. The molecule has 120 valence electrons. The maximum absolute atomic E-state index is 12.0. The molecule has 0 unspecified atom stereocenters. The maximum atomic E-state index is 12.0. The summed E-state index contributed by atoms with van der Waals surface area (Å²) >= 11 is 1.47. The Labute approximate surface area is 132 Å². The minimum Gasteiger partial charge on any atom is -0.354 e. The Morgan fingerprint density at radius 3 is 2.86 bits per heavy atom. The van der Waals surface area contributed by atoms with E-state index in [-0.39, 0.29) is 17.4 Å². The lowest BCUT2D eigenvalue weighted by Gasteiger charge is -2.32. The lowest BCUT2D eigenvalue weighted by atomic mass is 10.1. The van der Waals surface area contributed by atoms with Gasteiger partial charge in [0.15, 0.2) is 0 Å². The summed E-state index contributed by atoms with van der Waals surface area (Å²) in [6, 6.07) is 0.897. The van der Waals surface area contributed by atoms with E-state index in [4.69, 9.17) is 0 Å². The SMILES string of the molecule is Cc1cc(=O)[nH]c(CCNC(=O)[C@@H]2CSC(C)(C)C(=O)N2)n1. The fourth-order valence-electron chi connectivity index (χ4n) is 2.06. The van der Waals surface area contributed by atoms with Crippen LogP contribution in [-0.2, 0) is 16.0 Å². The van der Waals surface area contributed by atoms with Crippen molar-refractivity contribution in [3.8, 4) is 0 Å². The average molecular weight is 324 g/mol. The predicted octanol–water partition coefficient (Wildman–Crippen LogP) is -0.253. The van der Waals surface area contributed by atoms with E-state index in [9.17, 15) is 14.4 Å². The van der Waals surface area contributed by atoms with Gasteiger partial charge in [0.1, 0.15) is 11.9 Å². The Morgan fingerprint density at radius 2 is 2.23 bits per heavy atom. The van der Waals surface area contributed by atoms with Crippen LogP contribution in [0.15, 0.2) is 10.9 Å². The van der Waals surface area contributed by atoms with Gasteiger partial charge in [0.2, 0.25) is 11.8 Å². The number of H-pyrrole nitrogens is 1. The molecule has 2 rings (SSSR count). The van der Waals surface area contributed by atoms with Gasteiger partial charge in [0.25, 0.3) is 5.56 Å². The van der Waals surface area contributed by atoms with Crippen LogP contribution in [-0.4, -0.2) is 44.9 Å². The molecule has 0 aromatic carbocycles. The molecule has 1 fully saturated rings. The molecule has 1 atom stereocenters. The van der Waals surface area contributed by atoms with Gasteiger partial charge in [-0.25, -0.2) is 4.98 Å². The third-order valence-corrected chi connectivity index (χ3v) is 4.77. The molecule has 1 aliphatic heterocycles. The highest BCUT2D eigenvalue weighted by molar-refractivity contribution is 8.01. The second kappa shape index (κ2) is 6.51. The van der Waals surface area contributed by atoms with Crippen LogP contribution in [0.2, 0.25) is 0 Å². The van der Waals surface area contributed by atoms with Crippen LogP contribution in [0.5, 0.6) is 0 Å². The number of carbonyl (C=O) groups is 2. The normalized spacial score (nSPS) is 20.3. The van der Waals surface area contributed by atoms with Gasteiger partial charge in [0.05, 0.1) is 4.75 Å². The molecule has 1 aliphatic rings. The van der Waals surface area contributed by atoms with Crippen molar-refractivity contribution < 1.29 is 9.59 Å². The second-order valence-electron chi connectivity index (χ2n) is 5.72. The maximum Gasteiger partial charge on any atom is 0.251 e. The number of rotatable bonds is 4. The molecule has 7 nitrogen and oxygen atoms in total. The number of aromatic nitrogens is 2. The van der Waals surface area contributed by atoms with Gasteiger partial charge in [-0.05, 0) is 20.8 Å². The Bertz CT molecular complexity index is 641. The summed E-state index contributed by atoms with van der Waals surface area (Å²) in [5, 5.41) is 5.49. The van der Waals surface area contributed by atoms with Crippen LogP contribution in [0.3, 0.4) is 0 Å². The largest absolute Gasteiger partial charge is 0.354 e. The zero-order valence-electron chi connectivity index (χ0n) is 12.9. The van der Waals surface area contributed by atoms with E-state index in [0.717, 1.165) is 0 Å². The van der Waals surface area contributed by atoms with Gasteiger partial charge in [-0.15, -0.1) is 11.8 Å². The van der Waals surface area contributed by atoms with E-state index in [1.54, 1.807) is 6.92 Å². The van der Waals surface area contributed by atoms with E-state index in [0.29, 0.717) is 30.2 Å². The van der Waals surface area contributed by atoms with Gasteiger partial charge >= 0.3 is 0 Å². The van der Waals surface area contributed by atoms with Gasteiger partial charge < -0.3 is 15.6 Å². The molecule has 0 bridgehead atoms. The molecular formula is C14H20N4O3S. The van der Waals surface area contributed by atoms with Crippen molar-refractivity contribution in [3.05, 3.63) is 27.9 Å². The predicted molar refractivity (Wildman–Crippen MR) is 84.8 cm³/mol. The zero-order chi connectivity index (χ0) is 16.3. The third-order valence-electron chi connectivity index (χ3n) is 3.36. The van der Waals surface area contributed by atoms with E-state index in [1.807, 2.05) is 13.8 Å². The molecule has 0 aliphatic carbocycles. The molecule has 0 spiro atoms. The first-order chi connectivity index (χ1) is 10.3. The van der Waals surface area contributed by atoms with Crippen LogP contribution >= 0.6 is 11.8 Å². The summed E-state index contributed by atoms with van der Waals surface area (Å²) in [7, 11) is 0. The van der Waals surface area contributed by atoms with E-state index < -0.39 is 10.8 Å². The number of aromatic amines is 1. The minimum atomic E-state index is -0.518. The second-order valence-corrected chi connectivity index (χ2v) is 7.36. The van der Waals surface area contributed by atoms with Crippen molar-refractivity contribution in [3.63, 3.8) is 0 Å². The third kappa shape index (κ3) is 4.09. The van der Waals surface area contributed by atoms with Crippen LogP contribution in [0.1, 0.15) is 25.4 Å². The van der Waals surface area contributed by atoms with Gasteiger partial charge in [0, 0.05) is 30.5 Å². The van der Waals surface area contributed by atoms with Gasteiger partial charge in [-0.2, -0.15) is 0 Å². The lowest BCUT2D eigenvalue weighted by Crippen LogP contribution is -2.57. The standard InChI is InChI=1S/C14H20N4O3S/c1-8-6-11(19)18-10(16-8)4-5-15-12(20)9-7-22-14(2,3)13(21)17-9/h6,9H,4-5,7H2,1-3H3,(H,15,20)(H,17,21)(H,16,18,19)/t9-/m0/s1. The van der Waals surface area contributed by atoms with Crippen molar-refractivity contribution in [2.75, 3.05) is 12.3 Å². The Morgan fingerprint density at radius 1 is 1.50 bits per heavy atom. The van der Waals surface area contributed by atoms with Crippen molar-refractivity contribution >= 4 is 23.6 Å². The number of amides is 2. The van der Waals surface area contributed by atoms with Crippen molar-refractivity contribution in [1.29, 1.82) is 0 Å². The number of thioether (sulfide) groups is 1. The minimum absolute atomic E-state index is 0.131. The van der Waals surface area contributed by atoms with E-state index in [1.165, 1.54) is 17.8 Å². The van der Waals surface area contributed by atoms with Crippen molar-refractivity contribution in [2.24, 2.45) is 0 Å². The zero-order valence-corrected chi connectivity index (χ0v) is 13.7. The highest BCUT2D eigenvalue weighted by Crippen LogP contribution is 2.28. The number of nitrogens with zero attached hydrogens (tertiary/aromatic N) is 1. The molecule has 1 saturated heterocycles. The van der Waals surface area contributed by atoms with Crippen LogP contribution < -0.4 is 16.2 Å². The van der Waals surface area contributed by atoms with E-state index in [2.05, 4.69) is 20.6 Å². The molecule has 2 amide bonds. The quantitative estimate of drug-likeness (QED) is 0.708. The van der Waals surface area contributed by atoms with E-state index >= 15 is 0 Å². The fourth-order valence-corrected chi connectivity index (χ4v) is 3.07. The first-order valence-electron chi connectivity index (χ1n) is 7.07. The Balaban J connectivity index is 1.83. The van der Waals surface area contributed by atoms with Crippen molar-refractivity contribution in [1.82, 2.24) is 20.6 Å². The smallest absolute Gasteiger partial charge is 0.251 e. The number of aryl methyl sites for hydroxylation is 1. The summed E-state index contributed by atoms with van der Waals surface area (Å²) in [5.74, 6) is 0.734. The van der Waals surface area contributed by atoms with Crippen LogP contribution in [0.25, 0.3) is 0 Å². The Kier molecular flexibility index (Phi) is 4.90. The molecular weight excluding hydrogens is 304 g/mol. The molecule has 3 N–H and O–H groups in total. The van der Waals surface area contributed by atoms with Gasteiger partial charge in [-0.3, -0.25) is 14.4 Å². The van der Waals surface area contributed by atoms with Crippen molar-refractivity contribution in [2.45, 2.75) is 38.0 Å². The summed E-state index contributed by atoms with van der Waals surface area (Å²) < 4.78 is -0.498. The average Bonchev–Trinajstić information content (AvgIpc) is 2.40. The lowest BCUT2D eigenvalue weighted by molar-refractivity contribution is -0.129. The number of nitrogens with one attached hydrogen (secondary N) is 3. The monoisotopic (exact) mass is 324 g/mol. The molecule has 1 aromatic rings. The first kappa shape index (κ1) is 16.5. The highest BCUT2D eigenvalue weighted by atomic mass is 32.2. The Hall–Kier alpha value is -1.83.